The van der Waals surface area contributed by atoms with Gasteiger partial charge in [0.25, 0.3) is 0 Å². The molecule has 0 aromatic carbocycles. The molecule has 32 heavy (non-hydrogen) atoms. The van der Waals surface area contributed by atoms with Gasteiger partial charge < -0.3 is 21.5 Å². The molecule has 2 heterocycles. The Morgan fingerprint density at radius 2 is 1.84 bits per heavy atom. The Hall–Kier alpha value is -2.15. The maximum absolute atomic E-state index is 12.8. The number of pyridine rings is 1. The van der Waals surface area contributed by atoms with E-state index in [1.54, 1.807) is 0 Å². The number of fused-ring (bicyclic) bond motifs is 1. The second-order valence-corrected chi connectivity index (χ2v) is 9.56. The molecule has 0 radical (unpaired) electrons. The lowest BCUT2D eigenvalue weighted by Gasteiger charge is -2.35. The molecule has 1 aromatic rings. The number of carbonyl (C=O) groups excluding carboxylic acids is 1. The van der Waals surface area contributed by atoms with Crippen molar-refractivity contribution in [1.82, 2.24) is 10.3 Å². The second-order valence-electron chi connectivity index (χ2n) is 9.56. The van der Waals surface area contributed by atoms with Crippen LogP contribution < -0.4 is 16.4 Å². The number of nitrogens with one attached hydrogen (secondary N) is 2. The van der Waals surface area contributed by atoms with Gasteiger partial charge in [-0.05, 0) is 56.6 Å². The predicted molar refractivity (Wildman–Crippen MR) is 127 cm³/mol. The molecule has 1 aliphatic heterocycles. The molecule has 1 aliphatic carbocycles. The molecular formula is C25H40N4O3. The summed E-state index contributed by atoms with van der Waals surface area (Å²) in [7, 11) is 0. The van der Waals surface area contributed by atoms with Gasteiger partial charge in [0.15, 0.2) is 0 Å². The Labute approximate surface area is 191 Å². The van der Waals surface area contributed by atoms with E-state index < -0.39 is 17.4 Å². The number of carbonyl (C=O) groups is 2. The predicted octanol–water partition coefficient (Wildman–Crippen LogP) is 3.80. The summed E-state index contributed by atoms with van der Waals surface area (Å²) in [6.07, 6.45) is 13.4. The average molecular weight is 445 g/mol. The van der Waals surface area contributed by atoms with Gasteiger partial charge in [-0.2, -0.15) is 0 Å². The Kier molecular flexibility index (Phi) is 9.33. The van der Waals surface area contributed by atoms with E-state index in [9.17, 15) is 14.7 Å². The first-order valence-electron chi connectivity index (χ1n) is 12.5. The molecule has 2 aliphatic rings. The van der Waals surface area contributed by atoms with Gasteiger partial charge in [0.1, 0.15) is 11.9 Å². The van der Waals surface area contributed by atoms with E-state index in [1.165, 1.54) is 12.0 Å². The number of aromatic nitrogens is 1. The summed E-state index contributed by atoms with van der Waals surface area (Å²) in [6, 6.07) is 3.53. The van der Waals surface area contributed by atoms with Crippen LogP contribution in [-0.4, -0.2) is 41.1 Å². The molecule has 5 N–H and O–H groups in total. The second kappa shape index (κ2) is 12.2. The lowest BCUT2D eigenvalue weighted by Crippen LogP contribution is -2.52. The highest BCUT2D eigenvalue weighted by atomic mass is 16.4. The number of amides is 1. The van der Waals surface area contributed by atoms with Gasteiger partial charge in [0, 0.05) is 18.8 Å². The number of hydrogen-bond acceptors (Lipinski definition) is 5. The third kappa shape index (κ3) is 6.67. The van der Waals surface area contributed by atoms with Crippen LogP contribution in [0.2, 0.25) is 0 Å². The normalized spacial score (nSPS) is 18.3. The molecule has 7 heteroatoms. The Morgan fingerprint density at radius 1 is 1.09 bits per heavy atom. The highest BCUT2D eigenvalue weighted by Crippen LogP contribution is 2.35. The monoisotopic (exact) mass is 444 g/mol. The number of unbranched alkanes of at least 4 members (excludes halogenated alkanes) is 4. The molecule has 178 valence electrons. The Bertz CT molecular complexity index is 762. The van der Waals surface area contributed by atoms with Gasteiger partial charge in [-0.25, -0.2) is 9.78 Å². The molecule has 1 aromatic heterocycles. The average Bonchev–Trinajstić information content (AvgIpc) is 2.82. The SMILES string of the molecule is NCC1(C(=O)N[C@@H](CCCCCCCc2ccc3c(n2)NCCC3)C(=O)O)CCCCC1. The Balaban J connectivity index is 1.33. The lowest BCUT2D eigenvalue weighted by molar-refractivity contribution is -0.144. The summed E-state index contributed by atoms with van der Waals surface area (Å²) in [5.41, 5.74) is 7.80. The van der Waals surface area contributed by atoms with E-state index in [1.807, 2.05) is 0 Å². The zero-order valence-electron chi connectivity index (χ0n) is 19.3. The number of aryl methyl sites for hydroxylation is 2. The van der Waals surface area contributed by atoms with E-state index in [2.05, 4.69) is 22.8 Å². The minimum absolute atomic E-state index is 0.167. The van der Waals surface area contributed by atoms with Crippen molar-refractivity contribution in [2.75, 3.05) is 18.4 Å². The van der Waals surface area contributed by atoms with Crippen molar-refractivity contribution in [3.63, 3.8) is 0 Å². The minimum atomic E-state index is -0.951. The fourth-order valence-electron chi connectivity index (χ4n) is 5.01. The van der Waals surface area contributed by atoms with E-state index in [4.69, 9.17) is 10.7 Å². The number of nitrogens with two attached hydrogens (primary N) is 1. The summed E-state index contributed by atoms with van der Waals surface area (Å²) in [6.45, 7) is 1.30. The van der Waals surface area contributed by atoms with Gasteiger partial charge in [-0.3, -0.25) is 4.79 Å². The van der Waals surface area contributed by atoms with Crippen molar-refractivity contribution in [3.05, 3.63) is 23.4 Å². The first-order chi connectivity index (χ1) is 15.5. The van der Waals surface area contributed by atoms with Crippen LogP contribution in [0, 0.1) is 5.41 Å². The molecule has 3 rings (SSSR count). The molecule has 7 nitrogen and oxygen atoms in total. The number of rotatable bonds is 12. The quantitative estimate of drug-likeness (QED) is 0.364. The third-order valence-electron chi connectivity index (χ3n) is 7.16. The van der Waals surface area contributed by atoms with Crippen LogP contribution in [0.1, 0.15) is 88.3 Å². The Morgan fingerprint density at radius 3 is 2.59 bits per heavy atom. The highest BCUT2D eigenvalue weighted by molar-refractivity contribution is 5.87. The maximum Gasteiger partial charge on any atom is 0.326 e. The lowest BCUT2D eigenvalue weighted by atomic mass is 9.73. The smallest absolute Gasteiger partial charge is 0.326 e. The van der Waals surface area contributed by atoms with Crippen molar-refractivity contribution >= 4 is 17.7 Å². The van der Waals surface area contributed by atoms with Crippen molar-refractivity contribution in [2.24, 2.45) is 11.1 Å². The van der Waals surface area contributed by atoms with E-state index in [0.29, 0.717) is 13.0 Å². The van der Waals surface area contributed by atoms with E-state index in [-0.39, 0.29) is 5.91 Å². The molecule has 1 atom stereocenters. The van der Waals surface area contributed by atoms with E-state index in [0.717, 1.165) is 95.1 Å². The summed E-state index contributed by atoms with van der Waals surface area (Å²) in [4.78, 5) is 29.2. The van der Waals surface area contributed by atoms with Crippen LogP contribution >= 0.6 is 0 Å². The van der Waals surface area contributed by atoms with Gasteiger partial charge in [-0.1, -0.05) is 51.0 Å². The molecule has 1 saturated carbocycles. The summed E-state index contributed by atoms with van der Waals surface area (Å²) in [5.74, 6) is -0.0623. The van der Waals surface area contributed by atoms with Gasteiger partial charge in [-0.15, -0.1) is 0 Å². The fourth-order valence-corrected chi connectivity index (χ4v) is 5.01. The van der Waals surface area contributed by atoms with Crippen LogP contribution in [0.5, 0.6) is 0 Å². The van der Waals surface area contributed by atoms with Crippen LogP contribution in [0.3, 0.4) is 0 Å². The summed E-state index contributed by atoms with van der Waals surface area (Å²) in [5, 5.41) is 15.7. The molecule has 1 fully saturated rings. The number of carboxylic acid groups (broad SMARTS) is 1. The standard InChI is InChI=1S/C25H40N4O3/c26-18-25(15-7-4-8-16-25)24(32)29-21(23(30)31)12-6-3-1-2-5-11-20-14-13-19-10-9-17-27-22(19)28-20/h13-14,21H,1-12,15-18,26H2,(H,27,28)(H,29,32)(H,30,31)/t21-/m0/s1. The first kappa shape index (κ1) is 24.5. The largest absolute Gasteiger partial charge is 0.480 e. The van der Waals surface area contributed by atoms with Crippen LogP contribution in [0.15, 0.2) is 12.1 Å². The van der Waals surface area contributed by atoms with Gasteiger partial charge >= 0.3 is 5.97 Å². The minimum Gasteiger partial charge on any atom is -0.480 e. The molecule has 0 bridgehead atoms. The summed E-state index contributed by atoms with van der Waals surface area (Å²) >= 11 is 0. The van der Waals surface area contributed by atoms with Crippen LogP contribution in [0.4, 0.5) is 5.82 Å². The number of nitrogens with zero attached hydrogens (tertiary/aromatic N) is 1. The molecular weight excluding hydrogens is 404 g/mol. The highest BCUT2D eigenvalue weighted by Gasteiger charge is 2.39. The van der Waals surface area contributed by atoms with Crippen molar-refractivity contribution < 1.29 is 14.7 Å². The number of anilines is 1. The van der Waals surface area contributed by atoms with Crippen molar-refractivity contribution in [2.45, 2.75) is 95.9 Å². The van der Waals surface area contributed by atoms with Crippen LogP contribution in [0.25, 0.3) is 0 Å². The van der Waals surface area contributed by atoms with Crippen molar-refractivity contribution in [1.29, 1.82) is 0 Å². The van der Waals surface area contributed by atoms with Gasteiger partial charge in [0.05, 0.1) is 5.41 Å². The van der Waals surface area contributed by atoms with Gasteiger partial charge in [0.2, 0.25) is 5.91 Å². The number of hydrogen-bond donors (Lipinski definition) is 4. The third-order valence-corrected chi connectivity index (χ3v) is 7.16. The number of carboxylic acids is 1. The molecule has 1 amide bonds. The number of aliphatic carboxylic acids is 1. The fraction of sp³-hybridized carbons (Fsp3) is 0.720. The topological polar surface area (TPSA) is 117 Å². The maximum atomic E-state index is 12.8. The zero-order valence-corrected chi connectivity index (χ0v) is 19.3. The molecule has 0 saturated heterocycles. The van der Waals surface area contributed by atoms with Crippen LogP contribution in [-0.2, 0) is 22.4 Å². The van der Waals surface area contributed by atoms with Crippen molar-refractivity contribution in [3.8, 4) is 0 Å². The van der Waals surface area contributed by atoms with E-state index >= 15 is 0 Å². The summed E-state index contributed by atoms with van der Waals surface area (Å²) < 4.78 is 0. The molecule has 0 spiro atoms. The first-order valence-corrected chi connectivity index (χ1v) is 12.5. The zero-order chi connectivity index (χ0) is 22.8. The molecule has 0 unspecified atom stereocenters.